The summed E-state index contributed by atoms with van der Waals surface area (Å²) in [5, 5.41) is 7.30. The monoisotopic (exact) mass is 359 g/mol. The van der Waals surface area contributed by atoms with E-state index in [-0.39, 0.29) is 5.91 Å². The molecule has 138 valence electrons. The van der Waals surface area contributed by atoms with E-state index in [1.807, 2.05) is 11.0 Å². The molecule has 27 heavy (non-hydrogen) atoms. The first-order valence-electron chi connectivity index (χ1n) is 9.50. The highest BCUT2D eigenvalue weighted by Gasteiger charge is 2.29. The van der Waals surface area contributed by atoms with Crippen molar-refractivity contribution in [3.05, 3.63) is 76.5 Å². The van der Waals surface area contributed by atoms with Crippen LogP contribution in [0.1, 0.15) is 45.1 Å². The Morgan fingerprint density at radius 2 is 1.93 bits per heavy atom. The number of benzene rings is 2. The number of aryl methyl sites for hydroxylation is 3. The third-order valence-corrected chi connectivity index (χ3v) is 5.60. The Morgan fingerprint density at radius 3 is 2.70 bits per heavy atom. The molecular weight excluding hydrogens is 334 g/mol. The SMILES string of the molecule is Cc1cccc(C2CCN(C(=O)c3cc(-c4ccc(C)c(C)c4)n[nH]3)C2)c1. The number of H-pyrrole nitrogens is 1. The Morgan fingerprint density at radius 1 is 1.07 bits per heavy atom. The number of nitrogens with zero attached hydrogens (tertiary/aromatic N) is 2. The third-order valence-electron chi connectivity index (χ3n) is 5.60. The molecule has 0 saturated carbocycles. The Kier molecular flexibility index (Phi) is 4.56. The first kappa shape index (κ1) is 17.5. The average molecular weight is 359 g/mol. The van der Waals surface area contributed by atoms with Gasteiger partial charge in [-0.05, 0) is 56.0 Å². The number of aromatic amines is 1. The summed E-state index contributed by atoms with van der Waals surface area (Å²) < 4.78 is 0. The molecule has 0 bridgehead atoms. The maximum Gasteiger partial charge on any atom is 0.271 e. The van der Waals surface area contributed by atoms with E-state index in [4.69, 9.17) is 0 Å². The van der Waals surface area contributed by atoms with E-state index in [9.17, 15) is 4.79 Å². The fourth-order valence-corrected chi connectivity index (χ4v) is 3.79. The minimum Gasteiger partial charge on any atom is -0.337 e. The molecule has 1 aliphatic rings. The molecule has 0 spiro atoms. The normalized spacial score (nSPS) is 16.7. The van der Waals surface area contributed by atoms with Gasteiger partial charge in [-0.3, -0.25) is 9.89 Å². The van der Waals surface area contributed by atoms with Crippen molar-refractivity contribution in [2.45, 2.75) is 33.1 Å². The van der Waals surface area contributed by atoms with Crippen LogP contribution in [-0.2, 0) is 0 Å². The zero-order chi connectivity index (χ0) is 19.0. The Balaban J connectivity index is 1.49. The van der Waals surface area contributed by atoms with Gasteiger partial charge in [0, 0.05) is 24.6 Å². The van der Waals surface area contributed by atoms with Gasteiger partial charge < -0.3 is 4.90 Å². The van der Waals surface area contributed by atoms with E-state index in [0.29, 0.717) is 11.6 Å². The van der Waals surface area contributed by atoms with Gasteiger partial charge in [0.05, 0.1) is 5.69 Å². The van der Waals surface area contributed by atoms with Gasteiger partial charge in [0.2, 0.25) is 0 Å². The Hall–Kier alpha value is -2.88. The number of likely N-dealkylation sites (tertiary alicyclic amines) is 1. The summed E-state index contributed by atoms with van der Waals surface area (Å²) >= 11 is 0. The van der Waals surface area contributed by atoms with E-state index >= 15 is 0 Å². The highest BCUT2D eigenvalue weighted by molar-refractivity contribution is 5.93. The Labute approximate surface area is 160 Å². The number of aromatic nitrogens is 2. The molecule has 0 aliphatic carbocycles. The fourth-order valence-electron chi connectivity index (χ4n) is 3.79. The highest BCUT2D eigenvalue weighted by Crippen LogP contribution is 2.29. The van der Waals surface area contributed by atoms with Gasteiger partial charge >= 0.3 is 0 Å². The summed E-state index contributed by atoms with van der Waals surface area (Å²) in [6, 6.07) is 16.7. The topological polar surface area (TPSA) is 49.0 Å². The molecule has 3 aromatic rings. The zero-order valence-corrected chi connectivity index (χ0v) is 16.1. The number of hydrogen-bond acceptors (Lipinski definition) is 2. The molecule has 1 aromatic heterocycles. The van der Waals surface area contributed by atoms with E-state index < -0.39 is 0 Å². The van der Waals surface area contributed by atoms with Crippen LogP contribution in [-0.4, -0.2) is 34.1 Å². The van der Waals surface area contributed by atoms with Gasteiger partial charge in [0.25, 0.3) is 5.91 Å². The van der Waals surface area contributed by atoms with E-state index in [1.165, 1.54) is 22.3 Å². The molecule has 4 heteroatoms. The lowest BCUT2D eigenvalue weighted by Gasteiger charge is -2.16. The van der Waals surface area contributed by atoms with Crippen LogP contribution in [0.25, 0.3) is 11.3 Å². The minimum absolute atomic E-state index is 0.0349. The van der Waals surface area contributed by atoms with Crippen LogP contribution in [0.4, 0.5) is 0 Å². The van der Waals surface area contributed by atoms with E-state index in [1.54, 1.807) is 0 Å². The molecule has 4 nitrogen and oxygen atoms in total. The van der Waals surface area contributed by atoms with Crippen molar-refractivity contribution in [3.8, 4) is 11.3 Å². The second-order valence-electron chi connectivity index (χ2n) is 7.62. The summed E-state index contributed by atoms with van der Waals surface area (Å²) in [4.78, 5) is 14.8. The smallest absolute Gasteiger partial charge is 0.271 e. The van der Waals surface area contributed by atoms with Crippen LogP contribution in [0, 0.1) is 20.8 Å². The van der Waals surface area contributed by atoms with Crippen molar-refractivity contribution in [3.63, 3.8) is 0 Å². The molecule has 2 aromatic carbocycles. The van der Waals surface area contributed by atoms with Crippen molar-refractivity contribution in [2.24, 2.45) is 0 Å². The van der Waals surface area contributed by atoms with Gasteiger partial charge in [-0.15, -0.1) is 0 Å². The fraction of sp³-hybridized carbons (Fsp3) is 0.304. The predicted molar refractivity (Wildman–Crippen MR) is 108 cm³/mol. The standard InChI is InChI=1S/C23H25N3O/c1-15-5-4-6-18(11-15)20-9-10-26(14-20)23(27)22-13-21(24-25-22)19-8-7-16(2)17(3)12-19/h4-8,11-13,20H,9-10,14H2,1-3H3,(H,24,25). The van der Waals surface area contributed by atoms with E-state index in [2.05, 4.69) is 73.4 Å². The van der Waals surface area contributed by atoms with Crippen molar-refractivity contribution < 1.29 is 4.79 Å². The predicted octanol–water partition coefficient (Wildman–Crippen LogP) is 4.63. The van der Waals surface area contributed by atoms with Crippen molar-refractivity contribution in [1.82, 2.24) is 15.1 Å². The van der Waals surface area contributed by atoms with Gasteiger partial charge in [-0.1, -0.05) is 42.0 Å². The van der Waals surface area contributed by atoms with Crippen LogP contribution >= 0.6 is 0 Å². The van der Waals surface area contributed by atoms with Gasteiger partial charge in [-0.2, -0.15) is 5.10 Å². The summed E-state index contributed by atoms with van der Waals surface area (Å²) in [6.45, 7) is 7.85. The van der Waals surface area contributed by atoms with E-state index in [0.717, 1.165) is 30.8 Å². The summed E-state index contributed by atoms with van der Waals surface area (Å²) in [6.07, 6.45) is 1.01. The first-order valence-corrected chi connectivity index (χ1v) is 9.50. The molecule has 1 amide bonds. The van der Waals surface area contributed by atoms with Gasteiger partial charge in [0.1, 0.15) is 5.69 Å². The molecule has 4 rings (SSSR count). The molecule has 0 radical (unpaired) electrons. The maximum absolute atomic E-state index is 12.9. The number of hydrogen-bond donors (Lipinski definition) is 1. The number of carbonyl (C=O) groups is 1. The minimum atomic E-state index is 0.0349. The lowest BCUT2D eigenvalue weighted by molar-refractivity contribution is 0.0785. The van der Waals surface area contributed by atoms with Crippen molar-refractivity contribution >= 4 is 5.91 Å². The second kappa shape index (κ2) is 7.03. The van der Waals surface area contributed by atoms with Crippen molar-refractivity contribution in [1.29, 1.82) is 0 Å². The lowest BCUT2D eigenvalue weighted by Crippen LogP contribution is -2.28. The first-order chi connectivity index (χ1) is 13.0. The molecule has 1 fully saturated rings. The molecule has 1 saturated heterocycles. The van der Waals surface area contributed by atoms with Gasteiger partial charge in [-0.25, -0.2) is 0 Å². The third kappa shape index (κ3) is 3.52. The number of nitrogens with one attached hydrogen (secondary N) is 1. The van der Waals surface area contributed by atoms with Crippen LogP contribution in [0.3, 0.4) is 0 Å². The quantitative estimate of drug-likeness (QED) is 0.741. The maximum atomic E-state index is 12.9. The number of rotatable bonds is 3. The van der Waals surface area contributed by atoms with Crippen LogP contribution in [0.15, 0.2) is 48.5 Å². The lowest BCUT2D eigenvalue weighted by atomic mass is 9.97. The van der Waals surface area contributed by atoms with Crippen LogP contribution in [0.5, 0.6) is 0 Å². The zero-order valence-electron chi connectivity index (χ0n) is 16.1. The summed E-state index contributed by atoms with van der Waals surface area (Å²) in [5.74, 6) is 0.448. The molecule has 1 atom stereocenters. The van der Waals surface area contributed by atoms with Crippen LogP contribution < -0.4 is 0 Å². The molecular formula is C23H25N3O. The molecule has 1 N–H and O–H groups in total. The number of carbonyl (C=O) groups excluding carboxylic acids is 1. The largest absolute Gasteiger partial charge is 0.337 e. The average Bonchev–Trinajstić information content (AvgIpc) is 3.33. The van der Waals surface area contributed by atoms with Crippen molar-refractivity contribution in [2.75, 3.05) is 13.1 Å². The molecule has 1 aliphatic heterocycles. The molecule has 1 unspecified atom stereocenters. The highest BCUT2D eigenvalue weighted by atomic mass is 16.2. The van der Waals surface area contributed by atoms with Crippen LogP contribution in [0.2, 0.25) is 0 Å². The summed E-state index contributed by atoms with van der Waals surface area (Å²) in [5.41, 5.74) is 7.49. The number of amides is 1. The van der Waals surface area contributed by atoms with Gasteiger partial charge in [0.15, 0.2) is 0 Å². The second-order valence-corrected chi connectivity index (χ2v) is 7.62. The Bertz CT molecular complexity index is 989. The molecule has 2 heterocycles. The summed E-state index contributed by atoms with van der Waals surface area (Å²) in [7, 11) is 0.